The Bertz CT molecular complexity index is 548. The second-order valence-corrected chi connectivity index (χ2v) is 6.28. The molecule has 3 nitrogen and oxygen atoms in total. The zero-order valence-corrected chi connectivity index (χ0v) is 12.8. The Balaban J connectivity index is 1.52. The Morgan fingerprint density at radius 3 is 3.15 bits per heavy atom. The summed E-state index contributed by atoms with van der Waals surface area (Å²) in [5.74, 6) is 0. The number of hydrogen-bond acceptors (Lipinski definition) is 4. The van der Waals surface area contributed by atoms with Gasteiger partial charge in [-0.3, -0.25) is 4.90 Å². The third-order valence-electron chi connectivity index (χ3n) is 3.92. The Kier molecular flexibility index (Phi) is 4.68. The van der Waals surface area contributed by atoms with Crippen LogP contribution in [0.3, 0.4) is 0 Å². The van der Waals surface area contributed by atoms with Gasteiger partial charge in [-0.25, -0.2) is 0 Å². The zero-order valence-electron chi connectivity index (χ0n) is 12.0. The van der Waals surface area contributed by atoms with Crippen LogP contribution in [0.15, 0.2) is 29.6 Å². The molecule has 1 unspecified atom stereocenters. The molecule has 1 aromatic heterocycles. The summed E-state index contributed by atoms with van der Waals surface area (Å²) in [5.41, 5.74) is 1.49. The molecule has 1 fully saturated rings. The van der Waals surface area contributed by atoms with Gasteiger partial charge in [0.05, 0.1) is 6.61 Å². The van der Waals surface area contributed by atoms with Crippen LogP contribution in [0.2, 0.25) is 0 Å². The van der Waals surface area contributed by atoms with Gasteiger partial charge >= 0.3 is 0 Å². The first kappa shape index (κ1) is 14.0. The van der Waals surface area contributed by atoms with E-state index in [0.717, 1.165) is 32.7 Å². The first-order chi connectivity index (χ1) is 9.84. The SMILES string of the molecule is CN(CCCc1csc2ccccc12)C1CNCCO1. The third kappa shape index (κ3) is 3.20. The summed E-state index contributed by atoms with van der Waals surface area (Å²) in [5, 5.41) is 7.11. The highest BCUT2D eigenvalue weighted by Gasteiger charge is 2.17. The van der Waals surface area contributed by atoms with Crippen molar-refractivity contribution in [2.45, 2.75) is 19.1 Å². The maximum atomic E-state index is 5.76. The van der Waals surface area contributed by atoms with Gasteiger partial charge in [-0.2, -0.15) is 0 Å². The van der Waals surface area contributed by atoms with Gasteiger partial charge in [-0.05, 0) is 42.3 Å². The molecule has 1 aromatic carbocycles. The molecule has 0 aliphatic carbocycles. The highest BCUT2D eigenvalue weighted by molar-refractivity contribution is 7.17. The average molecular weight is 290 g/mol. The number of nitrogens with one attached hydrogen (secondary N) is 1. The van der Waals surface area contributed by atoms with Crippen molar-refractivity contribution in [3.05, 3.63) is 35.2 Å². The van der Waals surface area contributed by atoms with Crippen molar-refractivity contribution in [3.8, 4) is 0 Å². The lowest BCUT2D eigenvalue weighted by atomic mass is 10.1. The number of likely N-dealkylation sites (N-methyl/N-ethyl adjacent to an activating group) is 1. The van der Waals surface area contributed by atoms with Crippen LogP contribution in [0, 0.1) is 0 Å². The van der Waals surface area contributed by atoms with Gasteiger partial charge in [-0.1, -0.05) is 18.2 Å². The minimum Gasteiger partial charge on any atom is -0.360 e. The van der Waals surface area contributed by atoms with Crippen LogP contribution >= 0.6 is 11.3 Å². The Labute approximate surface area is 124 Å². The van der Waals surface area contributed by atoms with E-state index in [9.17, 15) is 0 Å². The van der Waals surface area contributed by atoms with Crippen molar-refractivity contribution in [1.82, 2.24) is 10.2 Å². The first-order valence-electron chi connectivity index (χ1n) is 7.32. The zero-order chi connectivity index (χ0) is 13.8. The lowest BCUT2D eigenvalue weighted by molar-refractivity contribution is -0.0642. The number of nitrogens with zero attached hydrogens (tertiary/aromatic N) is 1. The Hall–Kier alpha value is -0.940. The van der Waals surface area contributed by atoms with E-state index >= 15 is 0 Å². The Morgan fingerprint density at radius 1 is 1.40 bits per heavy atom. The van der Waals surface area contributed by atoms with Crippen LogP contribution in [0.25, 0.3) is 10.1 Å². The van der Waals surface area contributed by atoms with Crippen molar-refractivity contribution in [3.63, 3.8) is 0 Å². The fraction of sp³-hybridized carbons (Fsp3) is 0.500. The molecule has 108 valence electrons. The molecular weight excluding hydrogens is 268 g/mol. The van der Waals surface area contributed by atoms with Crippen molar-refractivity contribution in [2.75, 3.05) is 33.3 Å². The molecule has 0 amide bonds. The molecule has 0 saturated carbocycles. The summed E-state index contributed by atoms with van der Waals surface area (Å²) in [4.78, 5) is 2.32. The van der Waals surface area contributed by atoms with E-state index in [1.165, 1.54) is 22.1 Å². The number of aryl methyl sites for hydroxylation is 1. The number of fused-ring (bicyclic) bond motifs is 1. The van der Waals surface area contributed by atoms with Crippen molar-refractivity contribution >= 4 is 21.4 Å². The molecule has 0 radical (unpaired) electrons. The number of rotatable bonds is 5. The van der Waals surface area contributed by atoms with Crippen molar-refractivity contribution in [1.29, 1.82) is 0 Å². The molecule has 2 heterocycles. The van der Waals surface area contributed by atoms with E-state index < -0.39 is 0 Å². The van der Waals surface area contributed by atoms with Crippen LogP contribution in [0.1, 0.15) is 12.0 Å². The minimum absolute atomic E-state index is 0.239. The topological polar surface area (TPSA) is 24.5 Å². The predicted octanol–water partition coefficient (Wildman–Crippen LogP) is 2.71. The van der Waals surface area contributed by atoms with Crippen molar-refractivity contribution < 1.29 is 4.74 Å². The summed E-state index contributed by atoms with van der Waals surface area (Å²) >= 11 is 1.85. The summed E-state index contributed by atoms with van der Waals surface area (Å²) in [6.45, 7) is 3.82. The monoisotopic (exact) mass is 290 g/mol. The van der Waals surface area contributed by atoms with E-state index in [-0.39, 0.29) is 6.23 Å². The van der Waals surface area contributed by atoms with Crippen molar-refractivity contribution in [2.24, 2.45) is 0 Å². The molecule has 0 bridgehead atoms. The lowest BCUT2D eigenvalue weighted by Crippen LogP contribution is -2.47. The number of benzene rings is 1. The number of thiophene rings is 1. The van der Waals surface area contributed by atoms with Gasteiger partial charge in [0.15, 0.2) is 0 Å². The van der Waals surface area contributed by atoms with Crippen LogP contribution in [0.5, 0.6) is 0 Å². The molecule has 2 aromatic rings. The Morgan fingerprint density at radius 2 is 2.30 bits per heavy atom. The largest absolute Gasteiger partial charge is 0.360 e. The van der Waals surface area contributed by atoms with Crippen LogP contribution < -0.4 is 5.32 Å². The molecule has 3 rings (SSSR count). The van der Waals surface area contributed by atoms with Gasteiger partial charge in [-0.15, -0.1) is 11.3 Å². The van der Waals surface area contributed by atoms with Gasteiger partial charge in [0, 0.05) is 24.3 Å². The van der Waals surface area contributed by atoms with Crippen LogP contribution in [0.4, 0.5) is 0 Å². The molecule has 1 atom stereocenters. The first-order valence-corrected chi connectivity index (χ1v) is 8.20. The highest BCUT2D eigenvalue weighted by atomic mass is 32.1. The third-order valence-corrected chi connectivity index (χ3v) is 4.93. The number of hydrogen-bond donors (Lipinski definition) is 1. The van der Waals surface area contributed by atoms with E-state index in [0.29, 0.717) is 0 Å². The highest BCUT2D eigenvalue weighted by Crippen LogP contribution is 2.26. The van der Waals surface area contributed by atoms with E-state index in [1.807, 2.05) is 11.3 Å². The summed E-state index contributed by atoms with van der Waals surface area (Å²) in [7, 11) is 2.16. The molecule has 1 saturated heterocycles. The quantitative estimate of drug-likeness (QED) is 0.916. The normalized spacial score (nSPS) is 19.8. The minimum atomic E-state index is 0.239. The predicted molar refractivity (Wildman–Crippen MR) is 85.4 cm³/mol. The summed E-state index contributed by atoms with van der Waals surface area (Å²) in [6.07, 6.45) is 2.56. The second-order valence-electron chi connectivity index (χ2n) is 5.37. The van der Waals surface area contributed by atoms with E-state index in [1.54, 1.807) is 0 Å². The fourth-order valence-electron chi connectivity index (χ4n) is 2.72. The molecule has 1 aliphatic heterocycles. The smallest absolute Gasteiger partial charge is 0.122 e. The van der Waals surface area contributed by atoms with E-state index in [2.05, 4.69) is 46.9 Å². The van der Waals surface area contributed by atoms with Crippen LogP contribution in [-0.4, -0.2) is 44.4 Å². The molecule has 0 spiro atoms. The van der Waals surface area contributed by atoms with Gasteiger partial charge in [0.1, 0.15) is 6.23 Å². The molecule has 20 heavy (non-hydrogen) atoms. The molecule has 1 aliphatic rings. The average Bonchev–Trinajstić information content (AvgIpc) is 2.92. The summed E-state index contributed by atoms with van der Waals surface area (Å²) < 4.78 is 7.16. The molecular formula is C16H22N2OS. The van der Waals surface area contributed by atoms with Gasteiger partial charge < -0.3 is 10.1 Å². The molecule has 1 N–H and O–H groups in total. The number of morpholine rings is 1. The fourth-order valence-corrected chi connectivity index (χ4v) is 3.72. The lowest BCUT2D eigenvalue weighted by Gasteiger charge is -2.31. The van der Waals surface area contributed by atoms with Crippen LogP contribution in [-0.2, 0) is 11.2 Å². The maximum Gasteiger partial charge on any atom is 0.122 e. The molecule has 4 heteroatoms. The summed E-state index contributed by atoms with van der Waals surface area (Å²) in [6, 6.07) is 8.69. The van der Waals surface area contributed by atoms with Gasteiger partial charge in [0.2, 0.25) is 0 Å². The van der Waals surface area contributed by atoms with E-state index in [4.69, 9.17) is 4.74 Å². The standard InChI is InChI=1S/C16H22N2OS/c1-18(16-11-17-8-10-19-16)9-4-5-13-12-20-15-7-3-2-6-14(13)15/h2-3,6-7,12,16-17H,4-5,8-11H2,1H3. The maximum absolute atomic E-state index is 5.76. The second kappa shape index (κ2) is 6.68. The number of ether oxygens (including phenoxy) is 1. The van der Waals surface area contributed by atoms with Gasteiger partial charge in [0.25, 0.3) is 0 Å².